The van der Waals surface area contributed by atoms with Crippen molar-refractivity contribution < 1.29 is 4.79 Å². The van der Waals surface area contributed by atoms with Crippen LogP contribution in [0.1, 0.15) is 53.8 Å². The normalized spacial score (nSPS) is 37.0. The number of aryl methyl sites for hydroxylation is 1. The van der Waals surface area contributed by atoms with Gasteiger partial charge in [0.2, 0.25) is 0 Å². The number of nitrogens with one attached hydrogen (secondary N) is 1. The first-order chi connectivity index (χ1) is 10.0. The van der Waals surface area contributed by atoms with Gasteiger partial charge in [0.05, 0.1) is 8.66 Å². The summed E-state index contributed by atoms with van der Waals surface area (Å²) < 4.78 is 1.07. The molecule has 0 unspecified atom stereocenters. The molecule has 114 valence electrons. The molecule has 1 aromatic rings. The van der Waals surface area contributed by atoms with Crippen LogP contribution in [-0.2, 0) is 0 Å². The number of hydrogen-bond acceptors (Lipinski definition) is 2. The zero-order chi connectivity index (χ0) is 14.6. The van der Waals surface area contributed by atoms with Crippen LogP contribution < -0.4 is 5.32 Å². The maximum Gasteiger partial charge on any atom is 0.261 e. The van der Waals surface area contributed by atoms with Crippen LogP contribution in [0, 0.1) is 30.1 Å². The van der Waals surface area contributed by atoms with Gasteiger partial charge in [-0.2, -0.15) is 0 Å². The molecule has 0 radical (unpaired) electrons. The van der Waals surface area contributed by atoms with Gasteiger partial charge in [-0.25, -0.2) is 0 Å². The molecule has 2 nitrogen and oxygen atoms in total. The van der Waals surface area contributed by atoms with Gasteiger partial charge in [0.15, 0.2) is 0 Å². The minimum absolute atomic E-state index is 0.115. The van der Waals surface area contributed by atoms with E-state index in [4.69, 9.17) is 0 Å². The first-order valence-electron chi connectivity index (χ1n) is 8.07. The zero-order valence-corrected chi connectivity index (χ0v) is 14.9. The van der Waals surface area contributed by atoms with Crippen molar-refractivity contribution >= 4 is 33.2 Å². The van der Waals surface area contributed by atoms with E-state index >= 15 is 0 Å². The molecule has 0 aliphatic heterocycles. The highest BCUT2D eigenvalue weighted by Crippen LogP contribution is 2.59. The maximum atomic E-state index is 12.4. The number of hydrogen-bond donors (Lipinski definition) is 1. The minimum Gasteiger partial charge on any atom is -0.351 e. The molecule has 1 aromatic heterocycles. The molecule has 0 aromatic carbocycles. The molecule has 4 heteroatoms. The number of halogens is 1. The Kier molecular flexibility index (Phi) is 3.45. The van der Waals surface area contributed by atoms with Crippen molar-refractivity contribution in [3.05, 3.63) is 20.3 Å². The van der Waals surface area contributed by atoms with E-state index in [0.717, 1.165) is 38.5 Å². The highest BCUT2D eigenvalue weighted by molar-refractivity contribution is 9.11. The SMILES string of the molecule is Cc1cc(C(=O)NCC23CC4CC(CC(C4)C2)C3)sc1Br. The molecule has 4 fully saturated rings. The van der Waals surface area contributed by atoms with Crippen LogP contribution in [0.2, 0.25) is 0 Å². The Hall–Kier alpha value is -0.350. The highest BCUT2D eigenvalue weighted by Gasteiger charge is 2.50. The van der Waals surface area contributed by atoms with E-state index in [1.807, 2.05) is 13.0 Å². The third kappa shape index (κ3) is 2.59. The Morgan fingerprint density at radius 3 is 2.33 bits per heavy atom. The lowest BCUT2D eigenvalue weighted by molar-refractivity contribution is -0.0503. The summed E-state index contributed by atoms with van der Waals surface area (Å²) in [4.78, 5) is 13.2. The van der Waals surface area contributed by atoms with Gasteiger partial charge in [0.25, 0.3) is 5.91 Å². The second-order valence-electron chi connectivity index (χ2n) is 7.67. The fourth-order valence-electron chi connectivity index (χ4n) is 5.43. The van der Waals surface area contributed by atoms with E-state index in [-0.39, 0.29) is 5.91 Å². The van der Waals surface area contributed by atoms with Crippen molar-refractivity contribution in [2.24, 2.45) is 23.2 Å². The molecule has 21 heavy (non-hydrogen) atoms. The van der Waals surface area contributed by atoms with E-state index < -0.39 is 0 Å². The number of rotatable bonds is 3. The summed E-state index contributed by atoms with van der Waals surface area (Å²) >= 11 is 5.05. The quantitative estimate of drug-likeness (QED) is 0.819. The van der Waals surface area contributed by atoms with Crippen molar-refractivity contribution in [3.8, 4) is 0 Å². The summed E-state index contributed by atoms with van der Waals surface area (Å²) in [6.07, 6.45) is 8.45. The molecule has 0 atom stereocenters. The molecular weight excluding hydrogens is 346 g/mol. The molecule has 4 aliphatic rings. The van der Waals surface area contributed by atoms with Crippen LogP contribution in [-0.4, -0.2) is 12.5 Å². The van der Waals surface area contributed by atoms with Gasteiger partial charge in [-0.1, -0.05) is 0 Å². The molecule has 4 saturated carbocycles. The maximum absolute atomic E-state index is 12.4. The smallest absolute Gasteiger partial charge is 0.261 e. The van der Waals surface area contributed by atoms with E-state index in [0.29, 0.717) is 5.41 Å². The summed E-state index contributed by atoms with van der Waals surface area (Å²) in [5.41, 5.74) is 1.58. The molecular formula is C17H22BrNOS. The van der Waals surface area contributed by atoms with Gasteiger partial charge in [0.1, 0.15) is 0 Å². The van der Waals surface area contributed by atoms with Gasteiger partial charge in [0, 0.05) is 6.54 Å². The van der Waals surface area contributed by atoms with Crippen molar-refractivity contribution in [2.75, 3.05) is 6.54 Å². The van der Waals surface area contributed by atoms with Crippen LogP contribution >= 0.6 is 27.3 Å². The second kappa shape index (κ2) is 5.09. The van der Waals surface area contributed by atoms with Gasteiger partial charge in [-0.05, 0) is 96.2 Å². The molecule has 4 aliphatic carbocycles. The van der Waals surface area contributed by atoms with Crippen molar-refractivity contribution in [3.63, 3.8) is 0 Å². The first-order valence-corrected chi connectivity index (χ1v) is 9.68. The fraction of sp³-hybridized carbons (Fsp3) is 0.706. The molecule has 0 spiro atoms. The number of carbonyl (C=O) groups is 1. The summed E-state index contributed by atoms with van der Waals surface area (Å²) in [6.45, 7) is 2.93. The molecule has 1 heterocycles. The summed E-state index contributed by atoms with van der Waals surface area (Å²) in [5, 5.41) is 3.25. The van der Waals surface area contributed by atoms with Gasteiger partial charge in [-0.3, -0.25) is 4.79 Å². The number of amides is 1. The first kappa shape index (κ1) is 14.3. The van der Waals surface area contributed by atoms with E-state index in [1.165, 1.54) is 38.5 Å². The minimum atomic E-state index is 0.115. The third-order valence-corrected chi connectivity index (χ3v) is 8.01. The predicted molar refractivity (Wildman–Crippen MR) is 89.7 cm³/mol. The van der Waals surface area contributed by atoms with Crippen LogP contribution in [0.4, 0.5) is 0 Å². The summed E-state index contributed by atoms with van der Waals surface area (Å²) in [7, 11) is 0. The average molecular weight is 368 g/mol. The zero-order valence-electron chi connectivity index (χ0n) is 12.5. The third-order valence-electron chi connectivity index (χ3n) is 5.87. The lowest BCUT2D eigenvalue weighted by Crippen LogP contribution is -2.51. The topological polar surface area (TPSA) is 29.1 Å². The lowest BCUT2D eigenvalue weighted by atomic mass is 9.49. The van der Waals surface area contributed by atoms with Gasteiger partial charge in [-0.15, -0.1) is 11.3 Å². The Morgan fingerprint density at radius 1 is 1.29 bits per heavy atom. The van der Waals surface area contributed by atoms with Crippen molar-refractivity contribution in [1.82, 2.24) is 5.32 Å². The van der Waals surface area contributed by atoms with Crippen LogP contribution in [0.15, 0.2) is 9.85 Å². The van der Waals surface area contributed by atoms with Crippen LogP contribution in [0.25, 0.3) is 0 Å². The molecule has 1 N–H and O–H groups in total. The van der Waals surface area contributed by atoms with E-state index in [1.54, 1.807) is 11.3 Å². The molecule has 5 rings (SSSR count). The standard InChI is InChI=1S/C17H22BrNOS/c1-10-2-14(21-15(10)18)16(20)19-9-17-6-11-3-12(7-17)5-13(4-11)8-17/h2,11-13H,3-9H2,1H3,(H,19,20). The largest absolute Gasteiger partial charge is 0.351 e. The Balaban J connectivity index is 1.43. The summed E-state index contributed by atoms with van der Waals surface area (Å²) in [5.74, 6) is 2.97. The van der Waals surface area contributed by atoms with Crippen LogP contribution in [0.5, 0.6) is 0 Å². The Morgan fingerprint density at radius 2 is 1.86 bits per heavy atom. The Bertz CT molecular complexity index is 525. The Labute approximate surface area is 138 Å². The van der Waals surface area contributed by atoms with Gasteiger partial charge >= 0.3 is 0 Å². The van der Waals surface area contributed by atoms with E-state index in [2.05, 4.69) is 21.2 Å². The second-order valence-corrected chi connectivity index (χ2v) is 10.0. The van der Waals surface area contributed by atoms with Crippen molar-refractivity contribution in [2.45, 2.75) is 45.4 Å². The molecule has 0 saturated heterocycles. The number of carbonyl (C=O) groups excluding carboxylic acids is 1. The van der Waals surface area contributed by atoms with E-state index in [9.17, 15) is 4.79 Å². The van der Waals surface area contributed by atoms with Crippen LogP contribution in [0.3, 0.4) is 0 Å². The van der Waals surface area contributed by atoms with Crippen molar-refractivity contribution in [1.29, 1.82) is 0 Å². The molecule has 1 amide bonds. The predicted octanol–water partition coefficient (Wildman–Crippen LogP) is 4.77. The highest BCUT2D eigenvalue weighted by atomic mass is 79.9. The average Bonchev–Trinajstić information content (AvgIpc) is 2.75. The number of thiophene rings is 1. The van der Waals surface area contributed by atoms with Gasteiger partial charge < -0.3 is 5.32 Å². The fourth-order valence-corrected chi connectivity index (χ4v) is 6.88. The summed E-state index contributed by atoms with van der Waals surface area (Å²) in [6, 6.07) is 1.99. The molecule has 4 bridgehead atoms. The lowest BCUT2D eigenvalue weighted by Gasteiger charge is -2.56. The monoisotopic (exact) mass is 367 g/mol.